The van der Waals surface area contributed by atoms with Crippen molar-refractivity contribution in [1.29, 1.82) is 0 Å². The largest absolute Gasteiger partial charge is 0.497 e. The third-order valence-corrected chi connectivity index (χ3v) is 8.82. The summed E-state index contributed by atoms with van der Waals surface area (Å²) in [6.45, 7) is 0. The van der Waals surface area contributed by atoms with Gasteiger partial charge in [0.2, 0.25) is 5.91 Å². The van der Waals surface area contributed by atoms with Crippen LogP contribution in [0.15, 0.2) is 103 Å². The van der Waals surface area contributed by atoms with Gasteiger partial charge in [0.15, 0.2) is 11.6 Å². The Labute approximate surface area is 246 Å². The van der Waals surface area contributed by atoms with Crippen molar-refractivity contribution < 1.29 is 24.0 Å². The summed E-state index contributed by atoms with van der Waals surface area (Å²) < 4.78 is 5.40. The number of carbonyl (C=O) groups is 3. The number of fused-ring (bicyclic) bond motifs is 6. The number of para-hydroxylation sites is 1. The second-order valence-electron chi connectivity index (χ2n) is 10.9. The molecule has 4 atom stereocenters. The van der Waals surface area contributed by atoms with E-state index in [1.807, 2.05) is 48.5 Å². The maximum atomic E-state index is 14.9. The fraction of sp³-hybridized carbons (Fsp3) is 0.147. The highest BCUT2D eigenvalue weighted by molar-refractivity contribution is 6.16. The maximum Gasteiger partial charge on any atom is 0.270 e. The topological polar surface area (TPSA) is 119 Å². The lowest BCUT2D eigenvalue weighted by Gasteiger charge is -2.38. The molecule has 9 heteroatoms. The molecule has 3 aliphatic rings. The minimum atomic E-state index is -1.50. The van der Waals surface area contributed by atoms with Crippen LogP contribution in [0.3, 0.4) is 0 Å². The van der Waals surface area contributed by atoms with E-state index in [1.165, 1.54) is 31.4 Å². The van der Waals surface area contributed by atoms with Gasteiger partial charge in [-0.25, -0.2) is 0 Å². The summed E-state index contributed by atoms with van der Waals surface area (Å²) in [5, 5.41) is 14.6. The van der Waals surface area contributed by atoms with Crippen molar-refractivity contribution in [2.24, 2.45) is 5.92 Å². The van der Waals surface area contributed by atoms with Crippen LogP contribution >= 0.6 is 0 Å². The van der Waals surface area contributed by atoms with E-state index in [0.717, 1.165) is 11.1 Å². The van der Waals surface area contributed by atoms with Crippen molar-refractivity contribution in [2.75, 3.05) is 12.4 Å². The lowest BCUT2D eigenvalue weighted by atomic mass is 9.62. The summed E-state index contributed by atoms with van der Waals surface area (Å²) in [5.41, 5.74) is 1.49. The Morgan fingerprint density at radius 3 is 2.42 bits per heavy atom. The highest BCUT2D eigenvalue weighted by Crippen LogP contribution is 2.62. The maximum absolute atomic E-state index is 14.9. The number of nitrogens with one attached hydrogen (secondary N) is 1. The summed E-state index contributed by atoms with van der Waals surface area (Å²) in [6.07, 6.45) is 3.63. The number of ether oxygens (including phenoxy) is 1. The van der Waals surface area contributed by atoms with Gasteiger partial charge in [0.05, 0.1) is 24.0 Å². The van der Waals surface area contributed by atoms with Crippen LogP contribution in [0.1, 0.15) is 43.4 Å². The highest BCUT2D eigenvalue weighted by atomic mass is 16.6. The van der Waals surface area contributed by atoms with Crippen LogP contribution in [0.25, 0.3) is 6.08 Å². The fourth-order valence-corrected chi connectivity index (χ4v) is 7.07. The molecule has 0 radical (unpaired) electrons. The number of Topliss-reactive ketones (excluding diaryl/α,β-unsaturated/α-hetero) is 2. The molecule has 0 unspecified atom stereocenters. The first-order chi connectivity index (χ1) is 20.9. The quantitative estimate of drug-likeness (QED) is 0.182. The zero-order valence-electron chi connectivity index (χ0n) is 23.0. The van der Waals surface area contributed by atoms with E-state index in [2.05, 4.69) is 5.32 Å². The summed E-state index contributed by atoms with van der Waals surface area (Å²) in [4.78, 5) is 56.8. The molecule has 3 aliphatic heterocycles. The summed E-state index contributed by atoms with van der Waals surface area (Å²) in [5.74, 6) is -2.03. The van der Waals surface area contributed by atoms with Gasteiger partial charge < -0.3 is 15.0 Å². The second kappa shape index (κ2) is 9.77. The average Bonchev–Trinajstić information content (AvgIpc) is 3.52. The monoisotopic (exact) mass is 571 g/mol. The summed E-state index contributed by atoms with van der Waals surface area (Å²) in [6, 6.07) is 25.1. The SMILES string of the molecule is COc1cccc(C(=O)[C@@H]2[C@H](C(=O)c3cccc([N+](=O)[O-])c3)N3C=Cc4ccccc4[C@@H]3[C@@]23C(=O)Nc2ccccc23)c1. The van der Waals surface area contributed by atoms with Crippen molar-refractivity contribution in [2.45, 2.75) is 17.5 Å². The Balaban J connectivity index is 1.53. The Morgan fingerprint density at radius 2 is 1.63 bits per heavy atom. The molecule has 1 saturated heterocycles. The zero-order chi connectivity index (χ0) is 29.9. The zero-order valence-corrected chi connectivity index (χ0v) is 23.0. The van der Waals surface area contributed by atoms with Gasteiger partial charge in [0.25, 0.3) is 5.69 Å². The van der Waals surface area contributed by atoms with Gasteiger partial charge in [-0.2, -0.15) is 0 Å². The molecule has 3 heterocycles. The van der Waals surface area contributed by atoms with Crippen molar-refractivity contribution in [3.05, 3.63) is 141 Å². The van der Waals surface area contributed by atoms with Crippen LogP contribution in [0.5, 0.6) is 5.75 Å². The van der Waals surface area contributed by atoms with Crippen LogP contribution < -0.4 is 10.1 Å². The van der Waals surface area contributed by atoms with E-state index in [1.54, 1.807) is 41.4 Å². The first-order valence-electron chi connectivity index (χ1n) is 13.8. The number of hydrogen-bond acceptors (Lipinski definition) is 7. The first-order valence-corrected chi connectivity index (χ1v) is 13.8. The van der Waals surface area contributed by atoms with Crippen molar-refractivity contribution in [3.8, 4) is 5.75 Å². The lowest BCUT2D eigenvalue weighted by Crippen LogP contribution is -2.49. The number of ketones is 2. The molecule has 43 heavy (non-hydrogen) atoms. The molecule has 1 N–H and O–H groups in total. The molecule has 0 saturated carbocycles. The number of carbonyl (C=O) groups excluding carboxylic acids is 3. The molecule has 4 aromatic carbocycles. The van der Waals surface area contributed by atoms with Gasteiger partial charge in [-0.1, -0.05) is 66.7 Å². The van der Waals surface area contributed by atoms with Crippen molar-refractivity contribution >= 4 is 34.9 Å². The molecule has 1 fully saturated rings. The fourth-order valence-electron chi connectivity index (χ4n) is 7.07. The van der Waals surface area contributed by atoms with Gasteiger partial charge in [-0.3, -0.25) is 24.5 Å². The summed E-state index contributed by atoms with van der Waals surface area (Å²) >= 11 is 0. The predicted molar refractivity (Wildman–Crippen MR) is 159 cm³/mol. The standard InChI is InChI=1S/C34H25N3O6/c1-43-24-12-7-10-22(19-24)30(38)28-29(31(39)21-9-6-11-23(18-21)37(41)42)36-17-16-20-8-2-3-13-25(20)32(36)34(28)26-14-4-5-15-27(26)35-33(34)40/h2-19,28-29,32H,1H3,(H,35,40)/t28-,29+,32+,34-/m0/s1. The number of amides is 1. The molecule has 9 nitrogen and oxygen atoms in total. The van der Waals surface area contributed by atoms with Crippen LogP contribution in [-0.2, 0) is 10.2 Å². The molecule has 1 amide bonds. The number of anilines is 1. The normalized spacial score (nSPS) is 22.9. The molecule has 1 spiro atoms. The van der Waals surface area contributed by atoms with Crippen molar-refractivity contribution in [3.63, 3.8) is 0 Å². The molecule has 0 aliphatic carbocycles. The molecule has 4 aromatic rings. The van der Waals surface area contributed by atoms with E-state index in [4.69, 9.17) is 4.74 Å². The average molecular weight is 572 g/mol. The first kappa shape index (κ1) is 26.3. The Hall–Kier alpha value is -5.57. The van der Waals surface area contributed by atoms with Crippen LogP contribution in [0.4, 0.5) is 11.4 Å². The van der Waals surface area contributed by atoms with Gasteiger partial charge >= 0.3 is 0 Å². The van der Waals surface area contributed by atoms with Gasteiger partial charge in [-0.05, 0) is 41.0 Å². The van der Waals surface area contributed by atoms with E-state index >= 15 is 0 Å². The molecular weight excluding hydrogens is 546 g/mol. The third kappa shape index (κ3) is 3.74. The molecular formula is C34H25N3O6. The predicted octanol–water partition coefficient (Wildman–Crippen LogP) is 5.59. The van der Waals surface area contributed by atoms with Crippen LogP contribution in [0, 0.1) is 16.0 Å². The Morgan fingerprint density at radius 1 is 0.907 bits per heavy atom. The summed E-state index contributed by atoms with van der Waals surface area (Å²) in [7, 11) is 1.50. The highest BCUT2D eigenvalue weighted by Gasteiger charge is 2.70. The van der Waals surface area contributed by atoms with Crippen molar-refractivity contribution in [1.82, 2.24) is 4.90 Å². The Kier molecular flexibility index (Phi) is 5.98. The van der Waals surface area contributed by atoms with Gasteiger partial charge in [-0.15, -0.1) is 0 Å². The molecule has 0 bridgehead atoms. The number of nitrogens with zero attached hydrogens (tertiary/aromatic N) is 2. The lowest BCUT2D eigenvalue weighted by molar-refractivity contribution is -0.384. The molecule has 7 rings (SSSR count). The van der Waals surface area contributed by atoms with E-state index in [0.29, 0.717) is 17.0 Å². The number of rotatable bonds is 6. The van der Waals surface area contributed by atoms with E-state index in [9.17, 15) is 24.5 Å². The molecule has 212 valence electrons. The third-order valence-electron chi connectivity index (χ3n) is 8.82. The van der Waals surface area contributed by atoms with E-state index < -0.39 is 39.9 Å². The number of nitro groups is 1. The van der Waals surface area contributed by atoms with Crippen LogP contribution in [0.2, 0.25) is 0 Å². The number of benzene rings is 4. The van der Waals surface area contributed by atoms with Gasteiger partial charge in [0, 0.05) is 35.1 Å². The van der Waals surface area contributed by atoms with E-state index in [-0.39, 0.29) is 22.7 Å². The number of nitro benzene ring substituents is 1. The van der Waals surface area contributed by atoms with Crippen LogP contribution in [-0.4, -0.2) is 40.4 Å². The number of non-ortho nitro benzene ring substituents is 1. The second-order valence-corrected chi connectivity index (χ2v) is 10.9. The molecule has 0 aromatic heterocycles. The number of methoxy groups -OCH3 is 1. The minimum absolute atomic E-state index is 0.0809. The van der Waals surface area contributed by atoms with Gasteiger partial charge in [0.1, 0.15) is 17.2 Å². The minimum Gasteiger partial charge on any atom is -0.497 e. The number of hydrogen-bond donors (Lipinski definition) is 1. The Bertz CT molecular complexity index is 1880. The smallest absolute Gasteiger partial charge is 0.270 e.